The second-order valence-electron chi connectivity index (χ2n) is 3.46. The van der Waals surface area contributed by atoms with Crippen LogP contribution in [0.3, 0.4) is 0 Å². The van der Waals surface area contributed by atoms with Gasteiger partial charge in [-0.3, -0.25) is 14.5 Å². The molecule has 0 aliphatic rings. The summed E-state index contributed by atoms with van der Waals surface area (Å²) >= 11 is 0. The quantitative estimate of drug-likeness (QED) is 0.716. The molecule has 0 bridgehead atoms. The van der Waals surface area contributed by atoms with E-state index < -0.39 is 17.6 Å². The standard InChI is InChI=1S/C12H12FNO2/c1-8(2)11(15)14(3)12(16)9-4-6-10(13)7-5-9/h4-7H,1H2,2-3H3. The monoisotopic (exact) mass is 221 g/mol. The number of amides is 2. The minimum Gasteiger partial charge on any atom is -0.278 e. The Hall–Kier alpha value is -1.97. The van der Waals surface area contributed by atoms with Crippen molar-refractivity contribution in [3.05, 3.63) is 47.8 Å². The van der Waals surface area contributed by atoms with E-state index in [-0.39, 0.29) is 11.1 Å². The summed E-state index contributed by atoms with van der Waals surface area (Å²) in [6, 6.07) is 5.01. The Bertz CT molecular complexity index is 437. The molecule has 16 heavy (non-hydrogen) atoms. The Morgan fingerprint density at radius 1 is 1.25 bits per heavy atom. The second-order valence-corrected chi connectivity index (χ2v) is 3.46. The fraction of sp³-hybridized carbons (Fsp3) is 0.167. The van der Waals surface area contributed by atoms with E-state index in [9.17, 15) is 14.0 Å². The lowest BCUT2D eigenvalue weighted by molar-refractivity contribution is -0.123. The summed E-state index contributed by atoms with van der Waals surface area (Å²) in [6.45, 7) is 4.99. The van der Waals surface area contributed by atoms with Gasteiger partial charge >= 0.3 is 0 Å². The Morgan fingerprint density at radius 3 is 2.19 bits per heavy atom. The number of imide groups is 1. The molecular formula is C12H12FNO2. The van der Waals surface area contributed by atoms with Gasteiger partial charge in [-0.15, -0.1) is 0 Å². The van der Waals surface area contributed by atoms with Gasteiger partial charge in [-0.25, -0.2) is 4.39 Å². The Kier molecular flexibility index (Phi) is 3.55. The van der Waals surface area contributed by atoms with Crippen LogP contribution in [0, 0.1) is 5.82 Å². The molecular weight excluding hydrogens is 209 g/mol. The number of likely N-dealkylation sites (N-methyl/N-ethyl adjacent to an activating group) is 1. The van der Waals surface area contributed by atoms with Gasteiger partial charge in [-0.05, 0) is 31.2 Å². The summed E-state index contributed by atoms with van der Waals surface area (Å²) in [4.78, 5) is 24.2. The van der Waals surface area contributed by atoms with Gasteiger partial charge in [-0.1, -0.05) is 6.58 Å². The SMILES string of the molecule is C=C(C)C(=O)N(C)C(=O)c1ccc(F)cc1. The number of nitrogens with zero attached hydrogens (tertiary/aromatic N) is 1. The number of benzene rings is 1. The molecule has 1 aromatic carbocycles. The first-order valence-electron chi connectivity index (χ1n) is 4.67. The molecule has 0 atom stereocenters. The summed E-state index contributed by atoms with van der Waals surface area (Å²) in [5, 5.41) is 0. The van der Waals surface area contributed by atoms with Gasteiger partial charge in [0.15, 0.2) is 0 Å². The van der Waals surface area contributed by atoms with E-state index in [0.717, 1.165) is 4.90 Å². The first-order valence-corrected chi connectivity index (χ1v) is 4.67. The number of halogens is 1. The summed E-state index contributed by atoms with van der Waals surface area (Å²) < 4.78 is 12.6. The van der Waals surface area contributed by atoms with Crippen LogP contribution in [0.2, 0.25) is 0 Å². The predicted molar refractivity (Wildman–Crippen MR) is 58.3 cm³/mol. The number of carbonyl (C=O) groups is 2. The third kappa shape index (κ3) is 2.53. The second kappa shape index (κ2) is 4.70. The van der Waals surface area contributed by atoms with Crippen molar-refractivity contribution in [1.82, 2.24) is 4.90 Å². The third-order valence-corrected chi connectivity index (χ3v) is 2.07. The Balaban J connectivity index is 2.90. The first-order chi connectivity index (χ1) is 7.43. The predicted octanol–water partition coefficient (Wildman–Crippen LogP) is 2.00. The van der Waals surface area contributed by atoms with Crippen LogP contribution in [0.5, 0.6) is 0 Å². The normalized spacial score (nSPS) is 9.69. The highest BCUT2D eigenvalue weighted by Crippen LogP contribution is 2.07. The van der Waals surface area contributed by atoms with Gasteiger partial charge in [-0.2, -0.15) is 0 Å². The van der Waals surface area contributed by atoms with Crippen molar-refractivity contribution in [2.45, 2.75) is 6.92 Å². The highest BCUT2D eigenvalue weighted by atomic mass is 19.1. The molecule has 0 saturated carbocycles. The summed E-state index contributed by atoms with van der Waals surface area (Å²) in [5.41, 5.74) is 0.538. The molecule has 0 radical (unpaired) electrons. The lowest BCUT2D eigenvalue weighted by atomic mass is 10.2. The average molecular weight is 221 g/mol. The molecule has 1 aromatic rings. The van der Waals surface area contributed by atoms with E-state index in [1.165, 1.54) is 38.2 Å². The lowest BCUT2D eigenvalue weighted by Crippen LogP contribution is -2.33. The zero-order valence-corrected chi connectivity index (χ0v) is 9.16. The average Bonchev–Trinajstić information content (AvgIpc) is 2.27. The molecule has 1 rings (SSSR count). The highest BCUT2D eigenvalue weighted by Gasteiger charge is 2.18. The van der Waals surface area contributed by atoms with Crippen LogP contribution in [0.25, 0.3) is 0 Å². The molecule has 0 fully saturated rings. The molecule has 0 saturated heterocycles. The fourth-order valence-corrected chi connectivity index (χ4v) is 1.16. The van der Waals surface area contributed by atoms with Crippen molar-refractivity contribution in [3.8, 4) is 0 Å². The van der Waals surface area contributed by atoms with E-state index in [0.29, 0.717) is 0 Å². The van der Waals surface area contributed by atoms with Crippen LogP contribution >= 0.6 is 0 Å². The third-order valence-electron chi connectivity index (χ3n) is 2.07. The van der Waals surface area contributed by atoms with E-state index in [4.69, 9.17) is 0 Å². The molecule has 84 valence electrons. The van der Waals surface area contributed by atoms with Crippen molar-refractivity contribution in [2.75, 3.05) is 7.05 Å². The van der Waals surface area contributed by atoms with Crippen molar-refractivity contribution in [3.63, 3.8) is 0 Å². The fourth-order valence-electron chi connectivity index (χ4n) is 1.16. The van der Waals surface area contributed by atoms with Crippen LogP contribution in [-0.2, 0) is 4.79 Å². The van der Waals surface area contributed by atoms with Gasteiger partial charge in [0, 0.05) is 18.2 Å². The molecule has 0 heterocycles. The largest absolute Gasteiger partial charge is 0.278 e. The van der Waals surface area contributed by atoms with Crippen molar-refractivity contribution < 1.29 is 14.0 Å². The van der Waals surface area contributed by atoms with Gasteiger partial charge in [0.1, 0.15) is 5.82 Å². The maximum atomic E-state index is 12.6. The van der Waals surface area contributed by atoms with E-state index >= 15 is 0 Å². The minimum atomic E-state index is -0.479. The topological polar surface area (TPSA) is 37.4 Å². The molecule has 0 aromatic heterocycles. The molecule has 2 amide bonds. The smallest absolute Gasteiger partial charge is 0.260 e. The number of rotatable bonds is 2. The molecule has 0 spiro atoms. The van der Waals surface area contributed by atoms with Crippen molar-refractivity contribution >= 4 is 11.8 Å². The molecule has 4 heteroatoms. The van der Waals surface area contributed by atoms with Crippen LogP contribution in [-0.4, -0.2) is 23.8 Å². The van der Waals surface area contributed by atoms with Crippen LogP contribution in [0.4, 0.5) is 4.39 Å². The van der Waals surface area contributed by atoms with Crippen LogP contribution in [0.1, 0.15) is 17.3 Å². The van der Waals surface area contributed by atoms with Crippen molar-refractivity contribution in [2.24, 2.45) is 0 Å². The summed E-state index contributed by atoms with van der Waals surface area (Å²) in [6.07, 6.45) is 0. The zero-order valence-electron chi connectivity index (χ0n) is 9.16. The van der Waals surface area contributed by atoms with Gasteiger partial charge in [0.05, 0.1) is 0 Å². The number of hydrogen-bond donors (Lipinski definition) is 0. The molecule has 3 nitrogen and oxygen atoms in total. The summed E-state index contributed by atoms with van der Waals surface area (Å²) in [5.74, 6) is -1.35. The van der Waals surface area contributed by atoms with Crippen molar-refractivity contribution in [1.29, 1.82) is 0 Å². The number of carbonyl (C=O) groups excluding carboxylic acids is 2. The molecule has 0 N–H and O–H groups in total. The molecule has 0 aliphatic carbocycles. The van der Waals surface area contributed by atoms with E-state index in [2.05, 4.69) is 6.58 Å². The van der Waals surface area contributed by atoms with Gasteiger partial charge in [0.25, 0.3) is 11.8 Å². The van der Waals surface area contributed by atoms with E-state index in [1.54, 1.807) is 0 Å². The maximum absolute atomic E-state index is 12.6. The highest BCUT2D eigenvalue weighted by molar-refractivity contribution is 6.09. The Labute approximate surface area is 93.2 Å². The van der Waals surface area contributed by atoms with Gasteiger partial charge in [0.2, 0.25) is 0 Å². The lowest BCUT2D eigenvalue weighted by Gasteiger charge is -2.15. The van der Waals surface area contributed by atoms with Crippen LogP contribution < -0.4 is 0 Å². The van der Waals surface area contributed by atoms with Gasteiger partial charge < -0.3 is 0 Å². The first kappa shape index (κ1) is 12.1. The molecule has 0 aliphatic heterocycles. The van der Waals surface area contributed by atoms with Crippen LogP contribution in [0.15, 0.2) is 36.4 Å². The maximum Gasteiger partial charge on any atom is 0.260 e. The summed E-state index contributed by atoms with van der Waals surface area (Å²) in [7, 11) is 1.36. The van der Waals surface area contributed by atoms with E-state index in [1.807, 2.05) is 0 Å². The Morgan fingerprint density at radius 2 is 1.75 bits per heavy atom. The number of hydrogen-bond acceptors (Lipinski definition) is 2. The zero-order chi connectivity index (χ0) is 12.3. The molecule has 0 unspecified atom stereocenters. The minimum absolute atomic E-state index is 0.263.